The Balaban J connectivity index is 1.71. The van der Waals surface area contributed by atoms with Crippen LogP contribution in [0.15, 0.2) is 28.7 Å². The summed E-state index contributed by atoms with van der Waals surface area (Å²) in [6.07, 6.45) is 1.49. The van der Waals surface area contributed by atoms with Crippen LogP contribution >= 0.6 is 12.2 Å². The first-order valence-corrected chi connectivity index (χ1v) is 8.39. The predicted octanol–water partition coefficient (Wildman–Crippen LogP) is 1.27. The Morgan fingerprint density at radius 2 is 2.04 bits per heavy atom. The van der Waals surface area contributed by atoms with E-state index in [9.17, 15) is 5.11 Å². The maximum atomic E-state index is 9.58. The monoisotopic (exact) mass is 336 g/mol. The second kappa shape index (κ2) is 7.25. The van der Waals surface area contributed by atoms with Crippen molar-refractivity contribution in [3.8, 4) is 17.2 Å². The van der Waals surface area contributed by atoms with Gasteiger partial charge in [0, 0.05) is 18.4 Å². The molecule has 1 fully saturated rings. The highest BCUT2D eigenvalue weighted by Gasteiger charge is 2.21. The summed E-state index contributed by atoms with van der Waals surface area (Å²) < 4.78 is 12.8. The fourth-order valence-corrected chi connectivity index (χ4v) is 2.95. The molecule has 0 amide bonds. The number of aliphatic hydroxyl groups is 1. The average molecular weight is 336 g/mol. The van der Waals surface area contributed by atoms with E-state index in [0.717, 1.165) is 37.2 Å². The van der Waals surface area contributed by atoms with E-state index < -0.39 is 0 Å². The largest absolute Gasteiger partial charge is 0.494 e. The van der Waals surface area contributed by atoms with Crippen LogP contribution in [0, 0.1) is 4.84 Å². The molecule has 7 heteroatoms. The SMILES string of the molecule is CCOc1ccc(-c2nn(C[NH+]3CCC(O)CC3)c(=S)o2)cc1. The van der Waals surface area contributed by atoms with Crippen LogP contribution in [0.2, 0.25) is 0 Å². The summed E-state index contributed by atoms with van der Waals surface area (Å²) in [5.74, 6) is 1.35. The number of hydrogen-bond donors (Lipinski definition) is 2. The number of aliphatic hydroxyl groups excluding tert-OH is 1. The van der Waals surface area contributed by atoms with Gasteiger partial charge in [-0.1, -0.05) is 0 Å². The fourth-order valence-electron chi connectivity index (χ4n) is 2.76. The van der Waals surface area contributed by atoms with E-state index in [1.807, 2.05) is 31.2 Å². The van der Waals surface area contributed by atoms with Crippen LogP contribution < -0.4 is 9.64 Å². The highest BCUT2D eigenvalue weighted by Crippen LogP contribution is 2.21. The third kappa shape index (κ3) is 3.99. The molecule has 2 aromatic rings. The Bertz CT molecular complexity index is 687. The number of nitrogens with one attached hydrogen (secondary N) is 1. The lowest BCUT2D eigenvalue weighted by Gasteiger charge is -2.25. The maximum Gasteiger partial charge on any atom is 0.292 e. The number of nitrogens with zero attached hydrogens (tertiary/aromatic N) is 2. The minimum Gasteiger partial charge on any atom is -0.494 e. The van der Waals surface area contributed by atoms with Crippen molar-refractivity contribution in [1.29, 1.82) is 0 Å². The lowest BCUT2D eigenvalue weighted by Crippen LogP contribution is -3.12. The van der Waals surface area contributed by atoms with Crippen molar-refractivity contribution in [3.05, 3.63) is 29.1 Å². The summed E-state index contributed by atoms with van der Waals surface area (Å²) in [5, 5.41) is 14.1. The molecule has 0 aliphatic carbocycles. The summed E-state index contributed by atoms with van der Waals surface area (Å²) in [5.41, 5.74) is 0.877. The van der Waals surface area contributed by atoms with Crippen LogP contribution in [0.3, 0.4) is 0 Å². The molecule has 1 aliphatic heterocycles. The zero-order valence-electron chi connectivity index (χ0n) is 13.2. The minimum absolute atomic E-state index is 0.163. The van der Waals surface area contributed by atoms with Gasteiger partial charge < -0.3 is 19.2 Å². The third-order valence-electron chi connectivity index (χ3n) is 4.05. The van der Waals surface area contributed by atoms with Crippen LogP contribution in [0.5, 0.6) is 5.75 Å². The Kier molecular flexibility index (Phi) is 5.09. The number of likely N-dealkylation sites (tertiary alicyclic amines) is 1. The molecular weight excluding hydrogens is 314 g/mol. The normalized spacial score (nSPS) is 21.3. The Labute approximate surface area is 140 Å². The van der Waals surface area contributed by atoms with Crippen molar-refractivity contribution in [3.63, 3.8) is 0 Å². The van der Waals surface area contributed by atoms with Crippen LogP contribution in [0.1, 0.15) is 19.8 Å². The van der Waals surface area contributed by atoms with Crippen LogP contribution in [0.4, 0.5) is 0 Å². The van der Waals surface area contributed by atoms with Gasteiger partial charge in [-0.2, -0.15) is 4.68 Å². The van der Waals surface area contributed by atoms with Gasteiger partial charge in [0.1, 0.15) is 5.75 Å². The number of aromatic nitrogens is 2. The quantitative estimate of drug-likeness (QED) is 0.805. The van der Waals surface area contributed by atoms with Gasteiger partial charge in [-0.3, -0.25) is 0 Å². The van der Waals surface area contributed by atoms with Gasteiger partial charge in [0.15, 0.2) is 6.67 Å². The smallest absolute Gasteiger partial charge is 0.292 e. The molecule has 1 aromatic carbocycles. The van der Waals surface area contributed by atoms with Gasteiger partial charge in [0.05, 0.1) is 25.8 Å². The summed E-state index contributed by atoms with van der Waals surface area (Å²) in [7, 11) is 0. The zero-order valence-corrected chi connectivity index (χ0v) is 14.0. The third-order valence-corrected chi connectivity index (χ3v) is 4.35. The van der Waals surface area contributed by atoms with Crippen molar-refractivity contribution >= 4 is 12.2 Å². The lowest BCUT2D eigenvalue weighted by molar-refractivity contribution is -0.929. The molecular formula is C16H22N3O3S+. The van der Waals surface area contributed by atoms with Crippen LogP contribution in [0.25, 0.3) is 11.5 Å². The Morgan fingerprint density at radius 3 is 2.70 bits per heavy atom. The second-order valence-corrected chi connectivity index (χ2v) is 6.12. The number of benzene rings is 1. The summed E-state index contributed by atoms with van der Waals surface area (Å²) in [6, 6.07) is 7.63. The van der Waals surface area contributed by atoms with Crippen molar-refractivity contribution in [2.75, 3.05) is 19.7 Å². The zero-order chi connectivity index (χ0) is 16.2. The topological polar surface area (TPSA) is 64.9 Å². The number of hydrogen-bond acceptors (Lipinski definition) is 5. The predicted molar refractivity (Wildman–Crippen MR) is 87.9 cm³/mol. The Morgan fingerprint density at radius 1 is 1.35 bits per heavy atom. The molecule has 0 unspecified atom stereocenters. The molecule has 0 atom stereocenters. The molecule has 0 bridgehead atoms. The molecule has 1 saturated heterocycles. The van der Waals surface area contributed by atoms with Gasteiger partial charge in [0.2, 0.25) is 5.89 Å². The molecule has 1 aliphatic rings. The van der Waals surface area contributed by atoms with Gasteiger partial charge in [-0.15, -0.1) is 5.10 Å². The lowest BCUT2D eigenvalue weighted by atomic mass is 10.1. The van der Waals surface area contributed by atoms with E-state index in [1.54, 1.807) is 4.68 Å². The van der Waals surface area contributed by atoms with Gasteiger partial charge >= 0.3 is 0 Å². The van der Waals surface area contributed by atoms with E-state index in [0.29, 0.717) is 24.0 Å². The van der Waals surface area contributed by atoms with E-state index in [2.05, 4.69) is 5.10 Å². The molecule has 0 radical (unpaired) electrons. The Hall–Kier alpha value is -1.70. The minimum atomic E-state index is -0.163. The first kappa shape index (κ1) is 16.2. The van der Waals surface area contributed by atoms with Crippen molar-refractivity contribution in [1.82, 2.24) is 9.78 Å². The van der Waals surface area contributed by atoms with E-state index in [4.69, 9.17) is 21.4 Å². The molecule has 0 spiro atoms. The molecule has 6 nitrogen and oxygen atoms in total. The number of ether oxygens (including phenoxy) is 1. The molecule has 3 rings (SSSR count). The van der Waals surface area contributed by atoms with E-state index in [1.165, 1.54) is 4.90 Å². The molecule has 124 valence electrons. The average Bonchev–Trinajstić information content (AvgIpc) is 2.92. The second-order valence-electron chi connectivity index (χ2n) is 5.77. The first-order valence-electron chi connectivity index (χ1n) is 7.98. The van der Waals surface area contributed by atoms with Crippen molar-refractivity contribution in [2.24, 2.45) is 0 Å². The summed E-state index contributed by atoms with van der Waals surface area (Å²) in [6.45, 7) is 5.12. The maximum absolute atomic E-state index is 9.58. The van der Waals surface area contributed by atoms with E-state index >= 15 is 0 Å². The van der Waals surface area contributed by atoms with Crippen LogP contribution in [-0.4, -0.2) is 40.7 Å². The molecule has 0 saturated carbocycles. The molecule has 2 heterocycles. The van der Waals surface area contributed by atoms with Gasteiger partial charge in [0.25, 0.3) is 4.84 Å². The van der Waals surface area contributed by atoms with Gasteiger partial charge in [-0.25, -0.2) is 0 Å². The molecule has 1 aromatic heterocycles. The van der Waals surface area contributed by atoms with Crippen molar-refractivity contribution in [2.45, 2.75) is 32.5 Å². The first-order chi connectivity index (χ1) is 11.2. The van der Waals surface area contributed by atoms with Gasteiger partial charge in [-0.05, 0) is 43.4 Å². The van der Waals surface area contributed by atoms with Crippen molar-refractivity contribution < 1.29 is 19.2 Å². The fraction of sp³-hybridized carbons (Fsp3) is 0.500. The number of rotatable bonds is 5. The standard InChI is InChI=1S/C16H21N3O3S/c1-2-21-14-5-3-12(4-6-14)15-17-19(16(23)22-15)11-18-9-7-13(20)8-10-18/h3-6,13,20H,2,7-11H2,1H3/p+1. The number of quaternary nitrogens is 1. The highest BCUT2D eigenvalue weighted by atomic mass is 32.1. The summed E-state index contributed by atoms with van der Waals surface area (Å²) in [4.78, 5) is 1.74. The highest BCUT2D eigenvalue weighted by molar-refractivity contribution is 7.71. The van der Waals surface area contributed by atoms with E-state index in [-0.39, 0.29) is 6.10 Å². The number of piperidine rings is 1. The molecule has 2 N–H and O–H groups in total. The summed E-state index contributed by atoms with van der Waals surface area (Å²) >= 11 is 5.28. The molecule has 23 heavy (non-hydrogen) atoms. The van der Waals surface area contributed by atoms with Crippen LogP contribution in [-0.2, 0) is 6.67 Å².